The number of rotatable bonds is 3. The standard InChI is InChI=1S/C24H28N6O/c1-29-14-17(13-25-29)15-5-6-21(23(31)10-15)22-9-16-7-8-30(24(16)28-27-22)20-11-18-3-2-4-19(12-20)26-18/h5-6,9-10,13-14,18-20,26,31H,2-4,7-8,11-12H2,1H3/t18-,19?,20?/m0/s1. The van der Waals surface area contributed by atoms with Crippen LogP contribution in [0, 0.1) is 0 Å². The first-order valence-corrected chi connectivity index (χ1v) is 11.4. The molecule has 7 nitrogen and oxygen atoms in total. The number of phenols is 1. The average Bonchev–Trinajstić information content (AvgIpc) is 3.39. The first kappa shape index (κ1) is 18.8. The van der Waals surface area contributed by atoms with E-state index in [9.17, 15) is 5.11 Å². The van der Waals surface area contributed by atoms with E-state index < -0.39 is 0 Å². The van der Waals surface area contributed by atoms with Crippen LogP contribution in [0.5, 0.6) is 5.75 Å². The normalized spacial score (nSPS) is 24.9. The van der Waals surface area contributed by atoms with Gasteiger partial charge in [-0.3, -0.25) is 4.68 Å². The second-order valence-corrected chi connectivity index (χ2v) is 9.27. The van der Waals surface area contributed by atoms with Crippen molar-refractivity contribution >= 4 is 5.82 Å². The molecule has 160 valence electrons. The van der Waals surface area contributed by atoms with E-state index in [0.29, 0.717) is 18.1 Å². The molecule has 3 aliphatic heterocycles. The lowest BCUT2D eigenvalue weighted by Gasteiger charge is -2.44. The van der Waals surface area contributed by atoms with Crippen molar-refractivity contribution in [2.45, 2.75) is 56.7 Å². The number of aromatic nitrogens is 4. The Kier molecular flexibility index (Phi) is 4.45. The van der Waals surface area contributed by atoms with Crippen LogP contribution in [0.4, 0.5) is 5.82 Å². The molecule has 0 radical (unpaired) electrons. The Morgan fingerprint density at radius 1 is 1.06 bits per heavy atom. The number of hydrogen-bond acceptors (Lipinski definition) is 6. The van der Waals surface area contributed by atoms with E-state index in [1.54, 1.807) is 16.9 Å². The number of nitrogens with zero attached hydrogens (tertiary/aromatic N) is 5. The van der Waals surface area contributed by atoms with Crippen LogP contribution in [0.1, 0.15) is 37.7 Å². The molecule has 2 fully saturated rings. The van der Waals surface area contributed by atoms with Gasteiger partial charge < -0.3 is 15.3 Å². The van der Waals surface area contributed by atoms with Crippen LogP contribution in [0.2, 0.25) is 0 Å². The quantitative estimate of drug-likeness (QED) is 0.682. The van der Waals surface area contributed by atoms with Crippen molar-refractivity contribution in [1.82, 2.24) is 25.3 Å². The third-order valence-corrected chi connectivity index (χ3v) is 7.19. The van der Waals surface area contributed by atoms with E-state index >= 15 is 0 Å². The highest BCUT2D eigenvalue weighted by molar-refractivity contribution is 5.74. The summed E-state index contributed by atoms with van der Waals surface area (Å²) in [7, 11) is 1.89. The van der Waals surface area contributed by atoms with E-state index in [0.717, 1.165) is 41.2 Å². The molecule has 2 aromatic heterocycles. The van der Waals surface area contributed by atoms with Gasteiger partial charge in [0.15, 0.2) is 5.82 Å². The minimum Gasteiger partial charge on any atom is -0.507 e. The summed E-state index contributed by atoms with van der Waals surface area (Å²) in [5.74, 6) is 1.26. The maximum Gasteiger partial charge on any atom is 0.154 e. The van der Waals surface area contributed by atoms with Crippen molar-refractivity contribution in [2.24, 2.45) is 7.05 Å². The van der Waals surface area contributed by atoms with Crippen LogP contribution in [0.3, 0.4) is 0 Å². The Bertz CT molecular complexity index is 1110. The predicted octanol–water partition coefficient (Wildman–Crippen LogP) is 3.29. The minimum absolute atomic E-state index is 0.219. The Balaban J connectivity index is 1.26. The fraction of sp³-hybridized carbons (Fsp3) is 0.458. The van der Waals surface area contributed by atoms with Gasteiger partial charge in [-0.25, -0.2) is 0 Å². The highest BCUT2D eigenvalue weighted by Gasteiger charge is 2.37. The van der Waals surface area contributed by atoms with Crippen LogP contribution in [0.25, 0.3) is 22.4 Å². The number of phenolic OH excluding ortho intramolecular Hbond substituents is 1. The van der Waals surface area contributed by atoms with Crippen molar-refractivity contribution < 1.29 is 5.11 Å². The third-order valence-electron chi connectivity index (χ3n) is 7.19. The zero-order chi connectivity index (χ0) is 20.9. The molecule has 31 heavy (non-hydrogen) atoms. The summed E-state index contributed by atoms with van der Waals surface area (Å²) in [6.07, 6.45) is 11.1. The van der Waals surface area contributed by atoms with E-state index in [2.05, 4.69) is 31.6 Å². The lowest BCUT2D eigenvalue weighted by Crippen LogP contribution is -2.54. The summed E-state index contributed by atoms with van der Waals surface area (Å²) in [6.45, 7) is 1.02. The SMILES string of the molecule is Cn1cc(-c2ccc(-c3cc4c(nn3)N(C3CC5CCC[C@@H](C3)N5)CC4)c(O)c2)cn1. The van der Waals surface area contributed by atoms with Gasteiger partial charge in [0.2, 0.25) is 0 Å². The zero-order valence-corrected chi connectivity index (χ0v) is 17.8. The van der Waals surface area contributed by atoms with Crippen molar-refractivity contribution in [3.05, 3.63) is 42.2 Å². The molecule has 0 spiro atoms. The maximum atomic E-state index is 10.7. The molecule has 0 aliphatic carbocycles. The summed E-state index contributed by atoms with van der Waals surface area (Å²) in [5, 5.41) is 27.9. The van der Waals surface area contributed by atoms with Gasteiger partial charge in [-0.1, -0.05) is 12.5 Å². The van der Waals surface area contributed by atoms with E-state index in [1.807, 2.05) is 25.4 Å². The predicted molar refractivity (Wildman–Crippen MR) is 120 cm³/mol. The number of benzene rings is 1. The fourth-order valence-corrected chi connectivity index (χ4v) is 5.67. The van der Waals surface area contributed by atoms with Crippen LogP contribution in [-0.4, -0.2) is 49.8 Å². The number of anilines is 1. The van der Waals surface area contributed by atoms with Gasteiger partial charge in [0.05, 0.1) is 11.9 Å². The van der Waals surface area contributed by atoms with Crippen molar-refractivity contribution in [2.75, 3.05) is 11.4 Å². The van der Waals surface area contributed by atoms with Gasteiger partial charge in [-0.2, -0.15) is 5.10 Å². The Labute approximate surface area is 182 Å². The first-order valence-electron chi connectivity index (χ1n) is 11.4. The second kappa shape index (κ2) is 7.34. The van der Waals surface area contributed by atoms with Gasteiger partial charge in [-0.15, -0.1) is 10.2 Å². The molecule has 7 heteroatoms. The van der Waals surface area contributed by atoms with Crippen molar-refractivity contribution in [3.8, 4) is 28.1 Å². The van der Waals surface area contributed by atoms with E-state index in [4.69, 9.17) is 0 Å². The first-order chi connectivity index (χ1) is 15.1. The lowest BCUT2D eigenvalue weighted by atomic mass is 9.83. The minimum atomic E-state index is 0.219. The monoisotopic (exact) mass is 416 g/mol. The fourth-order valence-electron chi connectivity index (χ4n) is 5.67. The summed E-state index contributed by atoms with van der Waals surface area (Å²) in [6, 6.07) is 9.69. The maximum absolute atomic E-state index is 10.7. The largest absolute Gasteiger partial charge is 0.507 e. The summed E-state index contributed by atoms with van der Waals surface area (Å²) < 4.78 is 1.76. The van der Waals surface area contributed by atoms with Gasteiger partial charge in [-0.05, 0) is 55.9 Å². The molecule has 6 rings (SSSR count). The summed E-state index contributed by atoms with van der Waals surface area (Å²) in [5.41, 5.74) is 4.61. The highest BCUT2D eigenvalue weighted by Crippen LogP contribution is 2.37. The van der Waals surface area contributed by atoms with Crippen molar-refractivity contribution in [3.63, 3.8) is 0 Å². The molecule has 1 aromatic carbocycles. The molecule has 3 aromatic rings. The molecule has 2 bridgehead atoms. The van der Waals surface area contributed by atoms with E-state index in [-0.39, 0.29) is 5.75 Å². The molecule has 2 saturated heterocycles. The number of fused-ring (bicyclic) bond motifs is 3. The number of nitrogens with one attached hydrogen (secondary N) is 1. The van der Waals surface area contributed by atoms with Gasteiger partial charge in [0, 0.05) is 54.6 Å². The Hall–Kier alpha value is -2.93. The molecule has 0 amide bonds. The van der Waals surface area contributed by atoms with Crippen LogP contribution < -0.4 is 10.2 Å². The number of piperidine rings is 2. The number of aromatic hydroxyl groups is 1. The van der Waals surface area contributed by atoms with Gasteiger partial charge in [0.1, 0.15) is 5.75 Å². The third kappa shape index (κ3) is 3.37. The average molecular weight is 417 g/mol. The second-order valence-electron chi connectivity index (χ2n) is 9.27. The lowest BCUT2D eigenvalue weighted by molar-refractivity contribution is 0.217. The molecular formula is C24H28N6O. The number of hydrogen-bond donors (Lipinski definition) is 2. The van der Waals surface area contributed by atoms with Crippen LogP contribution >= 0.6 is 0 Å². The number of aryl methyl sites for hydroxylation is 1. The van der Waals surface area contributed by atoms with Gasteiger partial charge >= 0.3 is 0 Å². The van der Waals surface area contributed by atoms with Crippen LogP contribution in [0.15, 0.2) is 36.7 Å². The molecule has 2 N–H and O–H groups in total. The van der Waals surface area contributed by atoms with Gasteiger partial charge in [0.25, 0.3) is 0 Å². The Morgan fingerprint density at radius 2 is 1.90 bits per heavy atom. The molecule has 3 atom stereocenters. The highest BCUT2D eigenvalue weighted by atomic mass is 16.3. The molecule has 3 aliphatic rings. The molecule has 2 unspecified atom stereocenters. The summed E-state index contributed by atoms with van der Waals surface area (Å²) in [4.78, 5) is 2.49. The Morgan fingerprint density at radius 3 is 2.65 bits per heavy atom. The van der Waals surface area contributed by atoms with E-state index in [1.165, 1.54) is 37.7 Å². The molecule has 0 saturated carbocycles. The van der Waals surface area contributed by atoms with Crippen molar-refractivity contribution in [1.29, 1.82) is 0 Å². The smallest absolute Gasteiger partial charge is 0.154 e. The molecule has 5 heterocycles. The summed E-state index contributed by atoms with van der Waals surface area (Å²) >= 11 is 0. The zero-order valence-electron chi connectivity index (χ0n) is 17.8. The molecular weight excluding hydrogens is 388 g/mol. The van der Waals surface area contributed by atoms with Crippen LogP contribution in [-0.2, 0) is 13.5 Å². The topological polar surface area (TPSA) is 79.1 Å².